The molecule has 84 valence electrons. The molecule has 0 amide bonds. The molecule has 0 saturated heterocycles. The molecule has 0 spiro atoms. The minimum absolute atomic E-state index is 0.505. The fraction of sp³-hybridized carbons (Fsp3) is 0.308. The number of imidazole rings is 1. The fourth-order valence-electron chi connectivity index (χ4n) is 1.67. The highest BCUT2D eigenvalue weighted by Crippen LogP contribution is 2.27. The SMILES string of the molecule is COc1cc(C(C)C)ccc1-n1ccnc1. The Morgan fingerprint density at radius 2 is 2.12 bits per heavy atom. The van der Waals surface area contributed by atoms with Crippen LogP contribution in [0.25, 0.3) is 5.69 Å². The predicted molar refractivity (Wildman–Crippen MR) is 64.2 cm³/mol. The van der Waals surface area contributed by atoms with Crippen LogP contribution in [0.3, 0.4) is 0 Å². The van der Waals surface area contributed by atoms with Crippen LogP contribution in [0, 0.1) is 0 Å². The molecule has 0 bridgehead atoms. The van der Waals surface area contributed by atoms with E-state index in [0.29, 0.717) is 5.92 Å². The quantitative estimate of drug-likeness (QED) is 0.788. The molecule has 0 aliphatic heterocycles. The fourth-order valence-corrected chi connectivity index (χ4v) is 1.67. The molecule has 0 aliphatic rings. The van der Waals surface area contributed by atoms with Crippen molar-refractivity contribution in [3.8, 4) is 11.4 Å². The smallest absolute Gasteiger partial charge is 0.143 e. The highest BCUT2D eigenvalue weighted by Gasteiger charge is 2.07. The summed E-state index contributed by atoms with van der Waals surface area (Å²) in [5, 5.41) is 0. The summed E-state index contributed by atoms with van der Waals surface area (Å²) in [6, 6.07) is 6.28. The maximum Gasteiger partial charge on any atom is 0.143 e. The number of methoxy groups -OCH3 is 1. The van der Waals surface area contributed by atoms with Crippen LogP contribution in [0.4, 0.5) is 0 Å². The molecule has 0 N–H and O–H groups in total. The van der Waals surface area contributed by atoms with Crippen molar-refractivity contribution in [1.82, 2.24) is 9.55 Å². The highest BCUT2D eigenvalue weighted by atomic mass is 16.5. The van der Waals surface area contributed by atoms with Crippen molar-refractivity contribution in [2.45, 2.75) is 19.8 Å². The molecular formula is C13H16N2O. The summed E-state index contributed by atoms with van der Waals surface area (Å²) in [4.78, 5) is 4.04. The molecule has 3 nitrogen and oxygen atoms in total. The zero-order valence-electron chi connectivity index (χ0n) is 9.84. The van der Waals surface area contributed by atoms with Gasteiger partial charge in [0.1, 0.15) is 5.75 Å². The first-order valence-corrected chi connectivity index (χ1v) is 5.38. The zero-order valence-corrected chi connectivity index (χ0v) is 9.84. The van der Waals surface area contributed by atoms with E-state index in [9.17, 15) is 0 Å². The lowest BCUT2D eigenvalue weighted by Crippen LogP contribution is -1.97. The number of hydrogen-bond donors (Lipinski definition) is 0. The van der Waals surface area contributed by atoms with Crippen LogP contribution in [0.2, 0.25) is 0 Å². The molecule has 1 aromatic heterocycles. The molecule has 0 aliphatic carbocycles. The predicted octanol–water partition coefficient (Wildman–Crippen LogP) is 3.00. The second-order valence-electron chi connectivity index (χ2n) is 4.06. The zero-order chi connectivity index (χ0) is 11.5. The third-order valence-electron chi connectivity index (χ3n) is 2.65. The van der Waals surface area contributed by atoms with Crippen LogP contribution in [0.1, 0.15) is 25.3 Å². The summed E-state index contributed by atoms with van der Waals surface area (Å²) >= 11 is 0. The van der Waals surface area contributed by atoms with Crippen molar-refractivity contribution in [2.24, 2.45) is 0 Å². The molecule has 0 fully saturated rings. The Morgan fingerprint density at radius 1 is 1.31 bits per heavy atom. The summed E-state index contributed by atoms with van der Waals surface area (Å²) < 4.78 is 7.36. The summed E-state index contributed by atoms with van der Waals surface area (Å²) in [6.07, 6.45) is 5.44. The van der Waals surface area contributed by atoms with Crippen LogP contribution in [-0.4, -0.2) is 16.7 Å². The highest BCUT2D eigenvalue weighted by molar-refractivity contribution is 5.49. The first-order valence-electron chi connectivity index (χ1n) is 5.38. The summed E-state index contributed by atoms with van der Waals surface area (Å²) in [5.74, 6) is 1.38. The number of aromatic nitrogens is 2. The van der Waals surface area contributed by atoms with E-state index in [2.05, 4.69) is 37.0 Å². The molecule has 3 heteroatoms. The summed E-state index contributed by atoms with van der Waals surface area (Å²) in [5.41, 5.74) is 2.30. The van der Waals surface area contributed by atoms with E-state index in [4.69, 9.17) is 4.74 Å². The topological polar surface area (TPSA) is 27.1 Å². The van der Waals surface area contributed by atoms with Gasteiger partial charge in [0.2, 0.25) is 0 Å². The molecule has 2 aromatic rings. The molecule has 0 saturated carbocycles. The molecule has 1 aromatic carbocycles. The van der Waals surface area contributed by atoms with Gasteiger partial charge in [0.25, 0.3) is 0 Å². The maximum atomic E-state index is 5.41. The normalized spacial score (nSPS) is 10.8. The molecular weight excluding hydrogens is 200 g/mol. The Bertz CT molecular complexity index is 461. The Labute approximate surface area is 95.7 Å². The van der Waals surface area contributed by atoms with Crippen LogP contribution >= 0.6 is 0 Å². The van der Waals surface area contributed by atoms with Gasteiger partial charge in [-0.2, -0.15) is 0 Å². The van der Waals surface area contributed by atoms with Crippen molar-refractivity contribution >= 4 is 0 Å². The second-order valence-corrected chi connectivity index (χ2v) is 4.06. The molecule has 16 heavy (non-hydrogen) atoms. The number of rotatable bonds is 3. The van der Waals surface area contributed by atoms with Gasteiger partial charge in [-0.1, -0.05) is 19.9 Å². The summed E-state index contributed by atoms with van der Waals surface area (Å²) in [6.45, 7) is 4.34. The van der Waals surface area contributed by atoms with E-state index in [-0.39, 0.29) is 0 Å². The monoisotopic (exact) mass is 216 g/mol. The third-order valence-corrected chi connectivity index (χ3v) is 2.65. The van der Waals surface area contributed by atoms with Crippen molar-refractivity contribution in [2.75, 3.05) is 7.11 Å². The van der Waals surface area contributed by atoms with Gasteiger partial charge in [-0.15, -0.1) is 0 Å². The largest absolute Gasteiger partial charge is 0.495 e. The van der Waals surface area contributed by atoms with Crippen LogP contribution in [-0.2, 0) is 0 Å². The molecule has 1 heterocycles. The maximum absolute atomic E-state index is 5.41. The first-order chi connectivity index (χ1) is 7.72. The van der Waals surface area contributed by atoms with Crippen molar-refractivity contribution in [3.05, 3.63) is 42.5 Å². The van der Waals surface area contributed by atoms with Gasteiger partial charge in [-0.3, -0.25) is 0 Å². The summed E-state index contributed by atoms with van der Waals surface area (Å²) in [7, 11) is 1.69. The number of ether oxygens (including phenoxy) is 1. The van der Waals surface area contributed by atoms with Gasteiger partial charge >= 0.3 is 0 Å². The Morgan fingerprint density at radius 3 is 2.69 bits per heavy atom. The second kappa shape index (κ2) is 4.39. The number of benzene rings is 1. The van der Waals surface area contributed by atoms with E-state index < -0.39 is 0 Å². The minimum atomic E-state index is 0.505. The minimum Gasteiger partial charge on any atom is -0.495 e. The molecule has 2 rings (SSSR count). The standard InChI is InChI=1S/C13H16N2O/c1-10(2)11-4-5-12(13(8-11)16-3)15-7-6-14-9-15/h4-10H,1-3H3. The van der Waals surface area contributed by atoms with Crippen LogP contribution in [0.15, 0.2) is 36.9 Å². The first kappa shape index (κ1) is 10.7. The molecule has 0 unspecified atom stereocenters. The number of nitrogens with zero attached hydrogens (tertiary/aromatic N) is 2. The van der Waals surface area contributed by atoms with Gasteiger partial charge in [0.15, 0.2) is 0 Å². The lowest BCUT2D eigenvalue weighted by molar-refractivity contribution is 0.412. The lowest BCUT2D eigenvalue weighted by atomic mass is 10.0. The van der Waals surface area contributed by atoms with Crippen LogP contribution < -0.4 is 4.74 Å². The third kappa shape index (κ3) is 1.94. The van der Waals surface area contributed by atoms with Gasteiger partial charge in [-0.25, -0.2) is 4.98 Å². The molecule has 0 atom stereocenters. The van der Waals surface area contributed by atoms with Gasteiger partial charge < -0.3 is 9.30 Å². The van der Waals surface area contributed by atoms with Gasteiger partial charge in [0.05, 0.1) is 19.1 Å². The Kier molecular flexibility index (Phi) is 2.95. The van der Waals surface area contributed by atoms with E-state index in [1.54, 1.807) is 19.6 Å². The average Bonchev–Trinajstić information content (AvgIpc) is 2.81. The van der Waals surface area contributed by atoms with E-state index in [1.165, 1.54) is 5.56 Å². The average molecular weight is 216 g/mol. The van der Waals surface area contributed by atoms with Gasteiger partial charge in [-0.05, 0) is 23.6 Å². The Hall–Kier alpha value is -1.77. The lowest BCUT2D eigenvalue weighted by Gasteiger charge is -2.12. The van der Waals surface area contributed by atoms with Gasteiger partial charge in [0, 0.05) is 12.4 Å². The Balaban J connectivity index is 2.47. The van der Waals surface area contributed by atoms with Crippen molar-refractivity contribution in [1.29, 1.82) is 0 Å². The van der Waals surface area contributed by atoms with Crippen molar-refractivity contribution < 1.29 is 4.74 Å². The number of hydrogen-bond acceptors (Lipinski definition) is 2. The van der Waals surface area contributed by atoms with E-state index in [0.717, 1.165) is 11.4 Å². The van der Waals surface area contributed by atoms with Crippen LogP contribution in [0.5, 0.6) is 5.75 Å². The van der Waals surface area contributed by atoms with E-state index >= 15 is 0 Å². The van der Waals surface area contributed by atoms with Crippen molar-refractivity contribution in [3.63, 3.8) is 0 Å². The molecule has 0 radical (unpaired) electrons. The van der Waals surface area contributed by atoms with E-state index in [1.807, 2.05) is 10.8 Å².